The van der Waals surface area contributed by atoms with Crippen molar-refractivity contribution in [2.75, 3.05) is 13.2 Å². The number of carbonyl (C=O) groups is 1. The average molecular weight is 570 g/mol. The fraction of sp³-hybridized carbons (Fsp3) is 0.971. The predicted octanol–water partition coefficient (Wildman–Crippen LogP) is 9.01. The van der Waals surface area contributed by atoms with E-state index in [4.69, 9.17) is 5.11 Å². The number of nitrogens with one attached hydrogen (secondary N) is 1. The van der Waals surface area contributed by atoms with Crippen LogP contribution in [0.4, 0.5) is 0 Å². The van der Waals surface area contributed by atoms with Gasteiger partial charge in [-0.15, -0.1) is 0 Å². The molecule has 240 valence electrons. The van der Waals surface area contributed by atoms with Crippen LogP contribution < -0.4 is 5.32 Å². The van der Waals surface area contributed by atoms with Crippen molar-refractivity contribution in [3.05, 3.63) is 0 Å². The molecule has 5 nitrogen and oxygen atoms in total. The Morgan fingerprint density at radius 1 is 0.575 bits per heavy atom. The molecular formula is C35H71NO4. The van der Waals surface area contributed by atoms with Crippen LogP contribution in [-0.4, -0.2) is 46.6 Å². The van der Waals surface area contributed by atoms with Crippen molar-refractivity contribution in [2.24, 2.45) is 5.92 Å². The Balaban J connectivity index is 3.33. The minimum atomic E-state index is -0.857. The number of unbranched alkanes of at least 4 members (excludes halogenated alkanes) is 22. The van der Waals surface area contributed by atoms with E-state index in [1.54, 1.807) is 0 Å². The smallest absolute Gasteiger partial charge is 0.220 e. The van der Waals surface area contributed by atoms with Crippen LogP contribution in [0.25, 0.3) is 0 Å². The number of rotatable bonds is 32. The Kier molecular flexibility index (Phi) is 30.8. The van der Waals surface area contributed by atoms with Gasteiger partial charge in [0.2, 0.25) is 5.91 Å². The van der Waals surface area contributed by atoms with E-state index in [2.05, 4.69) is 19.2 Å². The maximum Gasteiger partial charge on any atom is 0.220 e. The zero-order valence-electron chi connectivity index (χ0n) is 27.0. The minimum Gasteiger partial charge on any atom is -0.394 e. The quantitative estimate of drug-likeness (QED) is 0.0608. The number of aliphatic hydroxyl groups excluding tert-OH is 3. The van der Waals surface area contributed by atoms with Crippen LogP contribution in [0, 0.1) is 5.92 Å². The van der Waals surface area contributed by atoms with Crippen molar-refractivity contribution in [3.63, 3.8) is 0 Å². The summed E-state index contributed by atoms with van der Waals surface area (Å²) in [6, 6.07) is 0. The molecule has 0 spiro atoms. The molecule has 0 aromatic heterocycles. The lowest BCUT2D eigenvalue weighted by Crippen LogP contribution is -2.33. The van der Waals surface area contributed by atoms with Crippen LogP contribution in [0.1, 0.15) is 187 Å². The molecule has 0 fully saturated rings. The second-order valence-electron chi connectivity index (χ2n) is 12.6. The van der Waals surface area contributed by atoms with Gasteiger partial charge < -0.3 is 20.6 Å². The molecule has 3 atom stereocenters. The van der Waals surface area contributed by atoms with Crippen LogP contribution in [0.2, 0.25) is 0 Å². The van der Waals surface area contributed by atoms with Gasteiger partial charge in [-0.3, -0.25) is 4.79 Å². The molecule has 1 amide bonds. The minimum absolute atomic E-state index is 0.0358. The molecule has 0 rings (SSSR count). The van der Waals surface area contributed by atoms with Crippen molar-refractivity contribution >= 4 is 5.91 Å². The summed E-state index contributed by atoms with van der Waals surface area (Å²) >= 11 is 0. The number of carbonyl (C=O) groups excluding carboxylic acids is 1. The van der Waals surface area contributed by atoms with E-state index in [-0.39, 0.29) is 25.2 Å². The van der Waals surface area contributed by atoms with E-state index in [0.717, 1.165) is 19.3 Å². The highest BCUT2D eigenvalue weighted by Crippen LogP contribution is 2.20. The van der Waals surface area contributed by atoms with Gasteiger partial charge in [0.1, 0.15) is 0 Å². The lowest BCUT2D eigenvalue weighted by molar-refractivity contribution is -0.121. The summed E-state index contributed by atoms with van der Waals surface area (Å²) in [5.74, 6) is 0.414. The Morgan fingerprint density at radius 3 is 1.38 bits per heavy atom. The summed E-state index contributed by atoms with van der Waals surface area (Å²) in [6.45, 7) is 4.35. The van der Waals surface area contributed by atoms with Gasteiger partial charge in [-0.1, -0.05) is 162 Å². The maximum absolute atomic E-state index is 11.6. The highest BCUT2D eigenvalue weighted by atomic mass is 16.3. The maximum atomic E-state index is 11.6. The zero-order chi connectivity index (χ0) is 29.5. The first-order chi connectivity index (χ1) is 19.5. The second kappa shape index (κ2) is 31.3. The Morgan fingerprint density at radius 2 is 0.950 bits per heavy atom. The summed E-state index contributed by atoms with van der Waals surface area (Å²) in [4.78, 5) is 11.6. The molecule has 0 radical (unpaired) electrons. The third kappa shape index (κ3) is 28.9. The van der Waals surface area contributed by atoms with Crippen LogP contribution in [-0.2, 0) is 4.79 Å². The molecule has 0 aliphatic rings. The molecule has 4 N–H and O–H groups in total. The van der Waals surface area contributed by atoms with Crippen molar-refractivity contribution in [1.29, 1.82) is 0 Å². The predicted molar refractivity (Wildman–Crippen MR) is 172 cm³/mol. The van der Waals surface area contributed by atoms with Gasteiger partial charge in [0.05, 0.1) is 18.8 Å². The molecule has 0 saturated carbocycles. The molecule has 0 bridgehead atoms. The third-order valence-corrected chi connectivity index (χ3v) is 8.57. The summed E-state index contributed by atoms with van der Waals surface area (Å²) in [7, 11) is 0. The number of aliphatic hydroxyl groups is 3. The summed E-state index contributed by atoms with van der Waals surface area (Å²) in [5, 5.41) is 31.1. The molecular weight excluding hydrogens is 498 g/mol. The molecule has 0 aromatic rings. The molecule has 0 saturated heterocycles. The fourth-order valence-electron chi connectivity index (χ4n) is 5.58. The molecule has 0 heterocycles. The van der Waals surface area contributed by atoms with Crippen LogP contribution >= 0.6 is 0 Å². The van der Waals surface area contributed by atoms with Gasteiger partial charge in [0, 0.05) is 13.0 Å². The first-order valence-corrected chi connectivity index (χ1v) is 17.7. The summed E-state index contributed by atoms with van der Waals surface area (Å²) in [6.07, 6.45) is 33.2. The highest BCUT2D eigenvalue weighted by Gasteiger charge is 2.13. The molecule has 40 heavy (non-hydrogen) atoms. The molecule has 0 aromatic carbocycles. The lowest BCUT2D eigenvalue weighted by atomic mass is 9.93. The van der Waals surface area contributed by atoms with Gasteiger partial charge >= 0.3 is 0 Å². The van der Waals surface area contributed by atoms with E-state index in [9.17, 15) is 15.0 Å². The zero-order valence-corrected chi connectivity index (χ0v) is 27.0. The van der Waals surface area contributed by atoms with Crippen molar-refractivity contribution in [1.82, 2.24) is 5.32 Å². The monoisotopic (exact) mass is 570 g/mol. The van der Waals surface area contributed by atoms with E-state index >= 15 is 0 Å². The summed E-state index contributed by atoms with van der Waals surface area (Å²) in [5.41, 5.74) is 0. The van der Waals surface area contributed by atoms with E-state index in [0.29, 0.717) is 12.3 Å². The standard InChI is InChI=1S/C35H71NO4/c1-3-4-5-6-7-8-9-12-15-18-21-24-27-32(2)34(39)28-25-22-19-16-13-10-11-14-17-20-23-26-29-35(40)36-30-33(38)31-37/h32-34,37-39H,3-31H2,1-2H3,(H,36,40). The Labute approximate surface area is 249 Å². The van der Waals surface area contributed by atoms with E-state index in [1.165, 1.54) is 148 Å². The third-order valence-electron chi connectivity index (χ3n) is 8.57. The molecule has 0 aliphatic carbocycles. The van der Waals surface area contributed by atoms with Gasteiger partial charge in [-0.25, -0.2) is 0 Å². The number of amides is 1. The fourth-order valence-corrected chi connectivity index (χ4v) is 5.58. The highest BCUT2D eigenvalue weighted by molar-refractivity contribution is 5.75. The number of hydrogen-bond acceptors (Lipinski definition) is 4. The van der Waals surface area contributed by atoms with Gasteiger partial charge in [-0.2, -0.15) is 0 Å². The topological polar surface area (TPSA) is 89.8 Å². The Hall–Kier alpha value is -0.650. The van der Waals surface area contributed by atoms with Crippen LogP contribution in [0.5, 0.6) is 0 Å². The van der Waals surface area contributed by atoms with E-state index < -0.39 is 6.10 Å². The first kappa shape index (κ1) is 39.4. The van der Waals surface area contributed by atoms with Crippen LogP contribution in [0.3, 0.4) is 0 Å². The first-order valence-electron chi connectivity index (χ1n) is 17.7. The lowest BCUT2D eigenvalue weighted by Gasteiger charge is -2.18. The van der Waals surface area contributed by atoms with Crippen molar-refractivity contribution in [3.8, 4) is 0 Å². The molecule has 0 aliphatic heterocycles. The molecule has 3 unspecified atom stereocenters. The van der Waals surface area contributed by atoms with E-state index in [1.807, 2.05) is 0 Å². The largest absolute Gasteiger partial charge is 0.394 e. The van der Waals surface area contributed by atoms with Crippen molar-refractivity contribution < 1.29 is 20.1 Å². The SMILES string of the molecule is CCCCCCCCCCCCCCC(C)C(O)CCCCCCCCCCCCCCC(=O)NCC(O)CO. The Bertz CT molecular complexity index is 516. The number of hydrogen-bond donors (Lipinski definition) is 4. The van der Waals surface area contributed by atoms with Gasteiger partial charge in [0.25, 0.3) is 0 Å². The average Bonchev–Trinajstić information content (AvgIpc) is 2.96. The van der Waals surface area contributed by atoms with Crippen molar-refractivity contribution in [2.45, 2.75) is 199 Å². The second-order valence-corrected chi connectivity index (χ2v) is 12.6. The summed E-state index contributed by atoms with van der Waals surface area (Å²) < 4.78 is 0. The normalized spacial score (nSPS) is 13.8. The molecule has 5 heteroatoms. The van der Waals surface area contributed by atoms with Gasteiger partial charge in [-0.05, 0) is 25.2 Å². The van der Waals surface area contributed by atoms with Crippen LogP contribution in [0.15, 0.2) is 0 Å². The van der Waals surface area contributed by atoms with Gasteiger partial charge in [0.15, 0.2) is 0 Å².